The highest BCUT2D eigenvalue weighted by Crippen LogP contribution is 2.07. The van der Waals surface area contributed by atoms with E-state index in [1.54, 1.807) is 0 Å². The second kappa shape index (κ2) is 10.7. The molecule has 3 nitrogen and oxygen atoms in total. The fourth-order valence-electron chi connectivity index (χ4n) is 1.42. The Morgan fingerprint density at radius 3 is 2.25 bits per heavy atom. The van der Waals surface area contributed by atoms with Crippen molar-refractivity contribution in [1.82, 2.24) is 0 Å². The quantitative estimate of drug-likeness (QED) is 0.435. The first kappa shape index (κ1) is 15.2. The van der Waals surface area contributed by atoms with Crippen molar-refractivity contribution in [2.75, 3.05) is 13.2 Å². The molecule has 3 heteroatoms. The van der Waals surface area contributed by atoms with E-state index in [0.29, 0.717) is 6.61 Å². The molecule has 0 fully saturated rings. The maximum atomic E-state index is 10.4. The predicted octanol–water partition coefficient (Wildman–Crippen LogP) is 3.39. The zero-order chi connectivity index (χ0) is 12.2. The van der Waals surface area contributed by atoms with Gasteiger partial charge in [0.1, 0.15) is 0 Å². The SMILES string of the molecule is C=C(COCCCCCCCCC)C(=O)O. The van der Waals surface area contributed by atoms with E-state index in [2.05, 4.69) is 13.5 Å². The lowest BCUT2D eigenvalue weighted by Gasteiger charge is -2.04. The second-order valence-corrected chi connectivity index (χ2v) is 4.08. The van der Waals surface area contributed by atoms with Crippen LogP contribution >= 0.6 is 0 Å². The molecular formula is C13H24O3. The van der Waals surface area contributed by atoms with Gasteiger partial charge in [-0.2, -0.15) is 0 Å². The zero-order valence-electron chi connectivity index (χ0n) is 10.3. The normalized spacial score (nSPS) is 10.3. The Morgan fingerprint density at radius 2 is 1.69 bits per heavy atom. The third-order valence-electron chi connectivity index (χ3n) is 2.47. The number of hydrogen-bond acceptors (Lipinski definition) is 2. The number of carbonyl (C=O) groups is 1. The van der Waals surface area contributed by atoms with Gasteiger partial charge in [-0.1, -0.05) is 52.0 Å². The van der Waals surface area contributed by atoms with Gasteiger partial charge >= 0.3 is 5.97 Å². The molecule has 0 aliphatic carbocycles. The van der Waals surface area contributed by atoms with Crippen molar-refractivity contribution in [1.29, 1.82) is 0 Å². The van der Waals surface area contributed by atoms with Gasteiger partial charge in [-0.15, -0.1) is 0 Å². The largest absolute Gasteiger partial charge is 0.478 e. The maximum Gasteiger partial charge on any atom is 0.333 e. The van der Waals surface area contributed by atoms with Gasteiger partial charge in [-0.05, 0) is 6.42 Å². The molecule has 0 spiro atoms. The Bertz CT molecular complexity index is 199. The molecule has 0 bridgehead atoms. The van der Waals surface area contributed by atoms with E-state index < -0.39 is 5.97 Å². The molecule has 0 atom stereocenters. The molecular weight excluding hydrogens is 204 g/mol. The molecule has 0 aromatic heterocycles. The highest BCUT2D eigenvalue weighted by atomic mass is 16.5. The molecule has 0 unspecified atom stereocenters. The van der Waals surface area contributed by atoms with Gasteiger partial charge in [0, 0.05) is 6.61 Å². The minimum Gasteiger partial charge on any atom is -0.478 e. The Labute approximate surface area is 98.5 Å². The van der Waals surface area contributed by atoms with Crippen LogP contribution in [0.2, 0.25) is 0 Å². The van der Waals surface area contributed by atoms with Crippen LogP contribution in [0.1, 0.15) is 51.9 Å². The molecule has 16 heavy (non-hydrogen) atoms. The summed E-state index contributed by atoms with van der Waals surface area (Å²) in [6, 6.07) is 0. The number of ether oxygens (including phenoxy) is 1. The lowest BCUT2D eigenvalue weighted by Crippen LogP contribution is -2.07. The average Bonchev–Trinajstić information content (AvgIpc) is 2.26. The van der Waals surface area contributed by atoms with Gasteiger partial charge in [0.25, 0.3) is 0 Å². The molecule has 0 aliphatic heterocycles. The molecule has 0 aromatic rings. The van der Waals surface area contributed by atoms with E-state index >= 15 is 0 Å². The van der Waals surface area contributed by atoms with Gasteiger partial charge in [0.05, 0.1) is 12.2 Å². The minimum absolute atomic E-state index is 0.128. The molecule has 0 heterocycles. The maximum absolute atomic E-state index is 10.4. The van der Waals surface area contributed by atoms with Gasteiger partial charge in [0.2, 0.25) is 0 Å². The van der Waals surface area contributed by atoms with Gasteiger partial charge in [-0.3, -0.25) is 0 Å². The molecule has 0 rings (SSSR count). The summed E-state index contributed by atoms with van der Waals surface area (Å²) < 4.78 is 5.20. The van der Waals surface area contributed by atoms with Crippen LogP contribution in [0.15, 0.2) is 12.2 Å². The average molecular weight is 228 g/mol. The first-order chi connectivity index (χ1) is 7.68. The van der Waals surface area contributed by atoms with E-state index in [4.69, 9.17) is 9.84 Å². The van der Waals surface area contributed by atoms with Crippen molar-refractivity contribution in [2.45, 2.75) is 51.9 Å². The summed E-state index contributed by atoms with van der Waals surface area (Å²) in [5, 5.41) is 8.53. The minimum atomic E-state index is -0.973. The zero-order valence-corrected chi connectivity index (χ0v) is 10.3. The van der Waals surface area contributed by atoms with E-state index in [9.17, 15) is 4.79 Å². The summed E-state index contributed by atoms with van der Waals surface area (Å²) in [6.45, 7) is 6.39. The predicted molar refractivity (Wildman–Crippen MR) is 65.6 cm³/mol. The van der Waals surface area contributed by atoms with Crippen LogP contribution in [0.5, 0.6) is 0 Å². The number of carboxylic acid groups (broad SMARTS) is 1. The molecule has 94 valence electrons. The molecule has 0 amide bonds. The highest BCUT2D eigenvalue weighted by Gasteiger charge is 2.02. The number of rotatable bonds is 11. The summed E-state index contributed by atoms with van der Waals surface area (Å²) in [4.78, 5) is 10.4. The third-order valence-corrected chi connectivity index (χ3v) is 2.47. The van der Waals surface area contributed by atoms with Crippen LogP contribution in [0, 0.1) is 0 Å². The van der Waals surface area contributed by atoms with Crippen molar-refractivity contribution in [2.24, 2.45) is 0 Å². The van der Waals surface area contributed by atoms with Crippen LogP contribution in [-0.2, 0) is 9.53 Å². The molecule has 0 aromatic carbocycles. The summed E-state index contributed by atoms with van der Waals surface area (Å²) >= 11 is 0. The summed E-state index contributed by atoms with van der Waals surface area (Å²) in [6.07, 6.45) is 8.67. The second-order valence-electron chi connectivity index (χ2n) is 4.08. The number of aliphatic carboxylic acids is 1. The summed E-state index contributed by atoms with van der Waals surface area (Å²) in [5.74, 6) is -0.973. The van der Waals surface area contributed by atoms with Crippen molar-refractivity contribution >= 4 is 5.97 Å². The van der Waals surface area contributed by atoms with Crippen molar-refractivity contribution in [3.05, 3.63) is 12.2 Å². The lowest BCUT2D eigenvalue weighted by molar-refractivity contribution is -0.133. The van der Waals surface area contributed by atoms with E-state index in [1.165, 1.54) is 38.5 Å². The fraction of sp³-hybridized carbons (Fsp3) is 0.769. The Morgan fingerprint density at radius 1 is 1.12 bits per heavy atom. The van der Waals surface area contributed by atoms with E-state index in [-0.39, 0.29) is 12.2 Å². The number of unbranched alkanes of at least 4 members (excludes halogenated alkanes) is 6. The van der Waals surface area contributed by atoms with Crippen LogP contribution in [0.4, 0.5) is 0 Å². The number of carboxylic acids is 1. The van der Waals surface area contributed by atoms with Crippen molar-refractivity contribution in [3.8, 4) is 0 Å². The molecule has 1 N–H and O–H groups in total. The molecule has 0 saturated heterocycles. The first-order valence-corrected chi connectivity index (χ1v) is 6.17. The van der Waals surface area contributed by atoms with Gasteiger partial charge in [0.15, 0.2) is 0 Å². The summed E-state index contributed by atoms with van der Waals surface area (Å²) in [7, 11) is 0. The smallest absolute Gasteiger partial charge is 0.333 e. The van der Waals surface area contributed by atoms with Crippen LogP contribution < -0.4 is 0 Å². The summed E-state index contributed by atoms with van der Waals surface area (Å²) in [5.41, 5.74) is 0.128. The van der Waals surface area contributed by atoms with E-state index in [1.807, 2.05) is 0 Å². The van der Waals surface area contributed by atoms with Gasteiger partial charge in [-0.25, -0.2) is 4.79 Å². The fourth-order valence-corrected chi connectivity index (χ4v) is 1.42. The third kappa shape index (κ3) is 9.71. The number of hydrogen-bond donors (Lipinski definition) is 1. The van der Waals surface area contributed by atoms with Crippen molar-refractivity contribution in [3.63, 3.8) is 0 Å². The van der Waals surface area contributed by atoms with Crippen LogP contribution in [-0.4, -0.2) is 24.3 Å². The van der Waals surface area contributed by atoms with Gasteiger partial charge < -0.3 is 9.84 Å². The Balaban J connectivity index is 3.10. The standard InChI is InChI=1S/C13H24O3/c1-3-4-5-6-7-8-9-10-16-11-12(2)13(14)15/h2-11H2,1H3,(H,14,15). The van der Waals surface area contributed by atoms with E-state index in [0.717, 1.165) is 6.42 Å². The molecule has 0 aliphatic rings. The Hall–Kier alpha value is -0.830. The molecule has 0 saturated carbocycles. The Kier molecular flexibility index (Phi) is 10.1. The topological polar surface area (TPSA) is 46.5 Å². The van der Waals surface area contributed by atoms with Crippen LogP contribution in [0.3, 0.4) is 0 Å². The first-order valence-electron chi connectivity index (χ1n) is 6.17. The van der Waals surface area contributed by atoms with Crippen molar-refractivity contribution < 1.29 is 14.6 Å². The van der Waals surface area contributed by atoms with Crippen LogP contribution in [0.25, 0.3) is 0 Å². The highest BCUT2D eigenvalue weighted by molar-refractivity contribution is 5.85. The monoisotopic (exact) mass is 228 g/mol. The molecule has 0 radical (unpaired) electrons. The lowest BCUT2D eigenvalue weighted by atomic mass is 10.1.